The number of hydrogen-bond acceptors (Lipinski definition) is 5. The van der Waals surface area contributed by atoms with Crippen LogP contribution in [-0.2, 0) is 11.3 Å². The molecule has 0 spiro atoms. The summed E-state index contributed by atoms with van der Waals surface area (Å²) in [7, 11) is 0. The predicted octanol–water partition coefficient (Wildman–Crippen LogP) is 7.43. The molecule has 4 bridgehead atoms. The number of hydrogen-bond donors (Lipinski definition) is 2. The summed E-state index contributed by atoms with van der Waals surface area (Å²) in [5.41, 5.74) is 3.56. The highest BCUT2D eigenvalue weighted by molar-refractivity contribution is 7.13. The normalized spacial score (nSPS) is 29.1. The lowest BCUT2D eigenvalue weighted by molar-refractivity contribution is -0.169. The summed E-state index contributed by atoms with van der Waals surface area (Å²) in [5.74, 6) is 3.15. The van der Waals surface area contributed by atoms with Gasteiger partial charge < -0.3 is 14.8 Å². The van der Waals surface area contributed by atoms with E-state index in [2.05, 4.69) is 4.98 Å². The molecule has 7 heteroatoms. The van der Waals surface area contributed by atoms with Crippen LogP contribution < -0.4 is 0 Å². The Bertz CT molecular complexity index is 1270. The van der Waals surface area contributed by atoms with E-state index >= 15 is 0 Å². The summed E-state index contributed by atoms with van der Waals surface area (Å²) in [4.78, 5) is 25.5. The molecule has 0 unspecified atom stereocenters. The summed E-state index contributed by atoms with van der Waals surface area (Å²) < 4.78 is 6.86. The number of carbonyl (C=O) groups is 1. The monoisotopic (exact) mass is 517 g/mol. The first kappa shape index (κ1) is 23.6. The standard InChI is InChI=1S/C30H35N3O3S/c34-29(35)23-9-5-4-8-22(23)25-17-37-28(32-25)26-24(31-27(33-26)21-6-2-1-3-7-21)16-36-30-13-18-10-19(14-30)12-20(11-18)15-30/h4-5,8-9,17-21H,1-3,6-7,10-16H2,(H,31,33)(H,34,35). The van der Waals surface area contributed by atoms with E-state index < -0.39 is 5.97 Å². The highest BCUT2D eigenvalue weighted by Gasteiger charge is 2.51. The number of aromatic amines is 1. The number of aromatic nitrogens is 3. The van der Waals surface area contributed by atoms with Gasteiger partial charge in [-0.25, -0.2) is 14.8 Å². The number of aromatic carboxylic acids is 1. The first-order valence-corrected chi connectivity index (χ1v) is 14.9. The van der Waals surface area contributed by atoms with Gasteiger partial charge in [0.05, 0.1) is 29.2 Å². The van der Waals surface area contributed by atoms with E-state index in [1.807, 2.05) is 17.5 Å². The fraction of sp³-hybridized carbons (Fsp3) is 0.567. The van der Waals surface area contributed by atoms with Gasteiger partial charge in [-0.3, -0.25) is 0 Å². The van der Waals surface area contributed by atoms with Crippen LogP contribution in [0.5, 0.6) is 0 Å². The van der Waals surface area contributed by atoms with Crippen LogP contribution in [0.15, 0.2) is 29.6 Å². The lowest BCUT2D eigenvalue weighted by Crippen LogP contribution is -2.51. The zero-order valence-corrected chi connectivity index (χ0v) is 22.1. The third kappa shape index (κ3) is 4.44. The smallest absolute Gasteiger partial charge is 0.336 e. The summed E-state index contributed by atoms with van der Waals surface area (Å²) in [6.45, 7) is 0.543. The molecular formula is C30H35N3O3S. The van der Waals surface area contributed by atoms with Gasteiger partial charge in [0, 0.05) is 16.9 Å². The summed E-state index contributed by atoms with van der Waals surface area (Å²) >= 11 is 1.54. The molecule has 5 saturated carbocycles. The van der Waals surface area contributed by atoms with Crippen molar-refractivity contribution in [3.63, 3.8) is 0 Å². The van der Waals surface area contributed by atoms with Gasteiger partial charge in [-0.2, -0.15) is 0 Å². The summed E-state index contributed by atoms with van der Waals surface area (Å²) in [5, 5.41) is 12.5. The molecule has 0 atom stereocenters. The van der Waals surface area contributed by atoms with E-state index in [-0.39, 0.29) is 11.2 Å². The Morgan fingerprint density at radius 3 is 2.43 bits per heavy atom. The van der Waals surface area contributed by atoms with Gasteiger partial charge in [-0.15, -0.1) is 11.3 Å². The number of nitrogens with zero attached hydrogens (tertiary/aromatic N) is 2. The summed E-state index contributed by atoms with van der Waals surface area (Å²) in [6.07, 6.45) is 14.0. The average Bonchev–Trinajstić information content (AvgIpc) is 3.55. The minimum absolute atomic E-state index is 0.0383. The molecule has 0 aliphatic heterocycles. The zero-order valence-electron chi connectivity index (χ0n) is 21.2. The number of rotatable bonds is 7. The van der Waals surface area contributed by atoms with Crippen molar-refractivity contribution in [2.75, 3.05) is 0 Å². The zero-order chi connectivity index (χ0) is 25.0. The van der Waals surface area contributed by atoms with E-state index in [0.29, 0.717) is 23.8 Å². The molecule has 2 aromatic heterocycles. The minimum atomic E-state index is -0.936. The number of benzene rings is 1. The number of nitrogens with one attached hydrogen (secondary N) is 1. The van der Waals surface area contributed by atoms with Gasteiger partial charge in [0.25, 0.3) is 0 Å². The number of carboxylic acid groups (broad SMARTS) is 1. The van der Waals surface area contributed by atoms with Gasteiger partial charge in [0.1, 0.15) is 16.5 Å². The molecule has 37 heavy (non-hydrogen) atoms. The van der Waals surface area contributed by atoms with Gasteiger partial charge in [-0.05, 0) is 75.2 Å². The van der Waals surface area contributed by atoms with Crippen LogP contribution >= 0.6 is 11.3 Å². The second-order valence-corrected chi connectivity index (χ2v) is 12.9. The molecule has 3 aromatic rings. The maximum atomic E-state index is 11.8. The van der Waals surface area contributed by atoms with E-state index in [1.54, 1.807) is 12.1 Å². The number of imidazole rings is 1. The molecule has 6 nitrogen and oxygen atoms in total. The number of ether oxygens (including phenoxy) is 1. The molecule has 2 N–H and O–H groups in total. The van der Waals surface area contributed by atoms with E-state index in [1.165, 1.54) is 82.0 Å². The molecule has 5 fully saturated rings. The van der Waals surface area contributed by atoms with E-state index in [4.69, 9.17) is 14.7 Å². The minimum Gasteiger partial charge on any atom is -0.478 e. The largest absolute Gasteiger partial charge is 0.478 e. The highest BCUT2D eigenvalue weighted by atomic mass is 32.1. The molecule has 0 saturated heterocycles. The van der Waals surface area contributed by atoms with Crippen LogP contribution in [0.25, 0.3) is 22.0 Å². The number of H-pyrrole nitrogens is 1. The average molecular weight is 518 g/mol. The van der Waals surface area contributed by atoms with Gasteiger partial charge in [0.15, 0.2) is 0 Å². The van der Waals surface area contributed by atoms with E-state index in [0.717, 1.165) is 40.0 Å². The maximum absolute atomic E-state index is 11.8. The van der Waals surface area contributed by atoms with Crippen LogP contribution in [0.3, 0.4) is 0 Å². The molecule has 1 aromatic carbocycles. The fourth-order valence-corrected chi connectivity index (χ4v) is 8.95. The molecular weight excluding hydrogens is 482 g/mol. The lowest BCUT2D eigenvalue weighted by atomic mass is 9.54. The first-order valence-electron chi connectivity index (χ1n) is 14.1. The van der Waals surface area contributed by atoms with Crippen molar-refractivity contribution in [1.29, 1.82) is 0 Å². The van der Waals surface area contributed by atoms with Crippen molar-refractivity contribution in [1.82, 2.24) is 15.0 Å². The highest BCUT2D eigenvalue weighted by Crippen LogP contribution is 2.57. The lowest BCUT2D eigenvalue weighted by Gasteiger charge is -2.56. The second-order valence-electron chi connectivity index (χ2n) is 12.1. The van der Waals surface area contributed by atoms with Crippen molar-refractivity contribution < 1.29 is 14.6 Å². The molecule has 5 aliphatic carbocycles. The Morgan fingerprint density at radius 1 is 1.03 bits per heavy atom. The third-order valence-corrected chi connectivity index (χ3v) is 10.3. The third-order valence-electron chi connectivity index (χ3n) is 9.43. The fourth-order valence-electron chi connectivity index (χ4n) is 8.11. The van der Waals surface area contributed by atoms with Crippen molar-refractivity contribution in [3.05, 3.63) is 46.7 Å². The second kappa shape index (κ2) is 9.35. The topological polar surface area (TPSA) is 88.1 Å². The Balaban J connectivity index is 1.20. The van der Waals surface area contributed by atoms with Crippen LogP contribution in [-0.4, -0.2) is 31.6 Å². The molecule has 0 amide bonds. The van der Waals surface area contributed by atoms with Crippen molar-refractivity contribution >= 4 is 17.3 Å². The Labute approximate surface area is 221 Å². The first-order chi connectivity index (χ1) is 18.1. The van der Waals surface area contributed by atoms with Crippen molar-refractivity contribution in [2.45, 2.75) is 88.8 Å². The summed E-state index contributed by atoms with van der Waals surface area (Å²) in [6, 6.07) is 7.08. The molecule has 8 rings (SSSR count). The maximum Gasteiger partial charge on any atom is 0.336 e. The van der Waals surface area contributed by atoms with Crippen molar-refractivity contribution in [3.8, 4) is 22.0 Å². The Morgan fingerprint density at radius 2 is 1.73 bits per heavy atom. The van der Waals surface area contributed by atoms with Crippen LogP contribution in [0, 0.1) is 17.8 Å². The number of thiazole rings is 1. The van der Waals surface area contributed by atoms with Crippen molar-refractivity contribution in [2.24, 2.45) is 17.8 Å². The quantitative estimate of drug-likeness (QED) is 0.340. The van der Waals surface area contributed by atoms with Gasteiger partial charge >= 0.3 is 5.97 Å². The van der Waals surface area contributed by atoms with Gasteiger partial charge in [0.2, 0.25) is 0 Å². The predicted molar refractivity (Wildman–Crippen MR) is 144 cm³/mol. The SMILES string of the molecule is O=C(O)c1ccccc1-c1csc(-c2nc(C3CCCCC3)[nH]c2COC23CC4CC(CC(C4)C2)C3)n1. The molecule has 2 heterocycles. The van der Waals surface area contributed by atoms with Crippen LogP contribution in [0.2, 0.25) is 0 Å². The molecule has 194 valence electrons. The molecule has 0 radical (unpaired) electrons. The molecule has 5 aliphatic rings. The van der Waals surface area contributed by atoms with Crippen LogP contribution in [0.1, 0.15) is 98.4 Å². The number of carboxylic acids is 1. The van der Waals surface area contributed by atoms with Crippen LogP contribution in [0.4, 0.5) is 0 Å². The Hall–Kier alpha value is -2.51. The van der Waals surface area contributed by atoms with Gasteiger partial charge in [-0.1, -0.05) is 37.5 Å². The van der Waals surface area contributed by atoms with E-state index in [9.17, 15) is 9.90 Å². The Kier molecular flexibility index (Phi) is 5.96.